The normalized spacial score (nSPS) is 22.9. The van der Waals surface area contributed by atoms with Crippen LogP contribution in [-0.4, -0.2) is 17.7 Å². The summed E-state index contributed by atoms with van der Waals surface area (Å²) in [7, 11) is 0. The van der Waals surface area contributed by atoms with Crippen LogP contribution in [-0.2, 0) is 0 Å². The highest BCUT2D eigenvalue weighted by molar-refractivity contribution is 5.27. The zero-order valence-corrected chi connectivity index (χ0v) is 8.62. The average molecular weight is 209 g/mol. The third-order valence-corrected chi connectivity index (χ3v) is 2.91. The molecule has 0 radical (unpaired) electrons. The maximum atomic E-state index is 13.8. The number of phenolic OH excluding ortho intramolecular Hbond substituents is 1. The molecular weight excluding hydrogens is 193 g/mol. The Morgan fingerprint density at radius 1 is 1.40 bits per heavy atom. The molecule has 2 rings (SSSR count). The van der Waals surface area contributed by atoms with E-state index in [1.54, 1.807) is 12.1 Å². The van der Waals surface area contributed by atoms with E-state index in [2.05, 4.69) is 5.32 Å². The topological polar surface area (TPSA) is 32.3 Å². The fraction of sp³-hybridized carbons (Fsp3) is 0.500. The molecule has 82 valence electrons. The maximum Gasteiger partial charge on any atom is 0.127 e. The van der Waals surface area contributed by atoms with Crippen LogP contribution in [0.3, 0.4) is 0 Å². The van der Waals surface area contributed by atoms with E-state index in [1.807, 2.05) is 0 Å². The lowest BCUT2D eigenvalue weighted by molar-refractivity contribution is 0.293. The summed E-state index contributed by atoms with van der Waals surface area (Å²) in [5.74, 6) is 0.185. The smallest absolute Gasteiger partial charge is 0.127 e. The van der Waals surface area contributed by atoms with Crippen LogP contribution < -0.4 is 5.32 Å². The molecule has 2 unspecified atom stereocenters. The van der Waals surface area contributed by atoms with Crippen LogP contribution in [0.2, 0.25) is 0 Å². The fourth-order valence-electron chi connectivity index (χ4n) is 2.03. The van der Waals surface area contributed by atoms with Gasteiger partial charge in [-0.15, -0.1) is 0 Å². The van der Waals surface area contributed by atoms with E-state index in [1.165, 1.54) is 12.1 Å². The molecule has 1 heterocycles. The standard InChI is InChI=1S/C12H16FNO/c13-12(8-10-2-1-7-14-10)9-3-5-11(15)6-4-9/h3-6,10,12,14-15H,1-2,7-8H2. The molecule has 0 bridgehead atoms. The van der Waals surface area contributed by atoms with Crippen molar-refractivity contribution in [3.05, 3.63) is 29.8 Å². The van der Waals surface area contributed by atoms with Crippen molar-refractivity contribution >= 4 is 0 Å². The van der Waals surface area contributed by atoms with Gasteiger partial charge in [-0.1, -0.05) is 12.1 Å². The Bertz CT molecular complexity index is 306. The van der Waals surface area contributed by atoms with E-state index in [4.69, 9.17) is 5.11 Å². The molecule has 15 heavy (non-hydrogen) atoms. The summed E-state index contributed by atoms with van der Waals surface area (Å²) in [5, 5.41) is 12.4. The summed E-state index contributed by atoms with van der Waals surface area (Å²) in [5.41, 5.74) is 0.654. The first-order valence-electron chi connectivity index (χ1n) is 5.42. The first-order chi connectivity index (χ1) is 7.25. The van der Waals surface area contributed by atoms with E-state index in [0.29, 0.717) is 18.0 Å². The summed E-state index contributed by atoms with van der Waals surface area (Å²) >= 11 is 0. The van der Waals surface area contributed by atoms with Gasteiger partial charge in [-0.05, 0) is 43.5 Å². The minimum absolute atomic E-state index is 0.185. The van der Waals surface area contributed by atoms with Gasteiger partial charge in [0.05, 0.1) is 0 Å². The number of nitrogens with one attached hydrogen (secondary N) is 1. The number of hydrogen-bond donors (Lipinski definition) is 2. The molecule has 1 aliphatic heterocycles. The van der Waals surface area contributed by atoms with Gasteiger partial charge in [-0.25, -0.2) is 4.39 Å². The molecule has 0 saturated carbocycles. The van der Waals surface area contributed by atoms with E-state index in [-0.39, 0.29) is 5.75 Å². The second kappa shape index (κ2) is 4.62. The highest BCUT2D eigenvalue weighted by Gasteiger charge is 2.20. The lowest BCUT2D eigenvalue weighted by Gasteiger charge is -2.14. The molecule has 0 aromatic heterocycles. The first kappa shape index (κ1) is 10.4. The summed E-state index contributed by atoms with van der Waals surface area (Å²) in [6.45, 7) is 1.01. The zero-order chi connectivity index (χ0) is 10.7. The van der Waals surface area contributed by atoms with Gasteiger partial charge in [0.2, 0.25) is 0 Å². The van der Waals surface area contributed by atoms with Crippen LogP contribution in [0, 0.1) is 0 Å². The highest BCUT2D eigenvalue weighted by Crippen LogP contribution is 2.26. The molecule has 1 aromatic rings. The Balaban J connectivity index is 1.94. The minimum atomic E-state index is -0.929. The van der Waals surface area contributed by atoms with Gasteiger partial charge >= 0.3 is 0 Å². The van der Waals surface area contributed by atoms with Gasteiger partial charge in [0, 0.05) is 6.04 Å². The Labute approximate surface area is 89.1 Å². The second-order valence-electron chi connectivity index (χ2n) is 4.09. The summed E-state index contributed by atoms with van der Waals surface area (Å²) in [4.78, 5) is 0. The van der Waals surface area contributed by atoms with Gasteiger partial charge in [-0.2, -0.15) is 0 Å². The van der Waals surface area contributed by atoms with Crippen molar-refractivity contribution in [1.82, 2.24) is 5.32 Å². The molecule has 0 spiro atoms. The van der Waals surface area contributed by atoms with Crippen LogP contribution in [0.15, 0.2) is 24.3 Å². The zero-order valence-electron chi connectivity index (χ0n) is 8.62. The van der Waals surface area contributed by atoms with E-state index >= 15 is 0 Å². The lowest BCUT2D eigenvalue weighted by atomic mass is 10.0. The third-order valence-electron chi connectivity index (χ3n) is 2.91. The Morgan fingerprint density at radius 3 is 2.73 bits per heavy atom. The van der Waals surface area contributed by atoms with E-state index in [0.717, 1.165) is 19.4 Å². The number of alkyl halides is 1. The van der Waals surface area contributed by atoms with Crippen molar-refractivity contribution < 1.29 is 9.50 Å². The molecule has 3 heteroatoms. The monoisotopic (exact) mass is 209 g/mol. The predicted octanol–water partition coefficient (Wildman–Crippen LogP) is 2.54. The summed E-state index contributed by atoms with van der Waals surface area (Å²) < 4.78 is 13.8. The number of hydrogen-bond acceptors (Lipinski definition) is 2. The molecule has 1 saturated heterocycles. The van der Waals surface area contributed by atoms with E-state index < -0.39 is 6.17 Å². The fourth-order valence-corrected chi connectivity index (χ4v) is 2.03. The van der Waals surface area contributed by atoms with Gasteiger partial charge < -0.3 is 10.4 Å². The molecule has 1 aliphatic rings. The van der Waals surface area contributed by atoms with Crippen molar-refractivity contribution in [3.8, 4) is 5.75 Å². The molecule has 1 aromatic carbocycles. The quantitative estimate of drug-likeness (QED) is 0.801. The first-order valence-corrected chi connectivity index (χ1v) is 5.42. The van der Waals surface area contributed by atoms with Crippen LogP contribution >= 0.6 is 0 Å². The number of aromatic hydroxyl groups is 1. The van der Waals surface area contributed by atoms with Crippen LogP contribution in [0.4, 0.5) is 4.39 Å². The lowest BCUT2D eigenvalue weighted by Crippen LogP contribution is -2.22. The number of rotatable bonds is 3. The molecule has 1 fully saturated rings. The van der Waals surface area contributed by atoms with Crippen molar-refractivity contribution in [2.24, 2.45) is 0 Å². The minimum Gasteiger partial charge on any atom is -0.508 e. The predicted molar refractivity (Wildman–Crippen MR) is 57.6 cm³/mol. The van der Waals surface area contributed by atoms with Crippen LogP contribution in [0.5, 0.6) is 5.75 Å². The molecule has 2 atom stereocenters. The molecule has 2 N–H and O–H groups in total. The summed E-state index contributed by atoms with van der Waals surface area (Å²) in [6, 6.07) is 6.67. The molecule has 0 aliphatic carbocycles. The summed E-state index contributed by atoms with van der Waals surface area (Å²) in [6.07, 6.45) is 1.82. The van der Waals surface area contributed by atoms with Crippen molar-refractivity contribution in [2.45, 2.75) is 31.5 Å². The largest absolute Gasteiger partial charge is 0.508 e. The highest BCUT2D eigenvalue weighted by atomic mass is 19.1. The Morgan fingerprint density at radius 2 is 2.13 bits per heavy atom. The van der Waals surface area contributed by atoms with E-state index in [9.17, 15) is 4.39 Å². The molecule has 2 nitrogen and oxygen atoms in total. The Kier molecular flexibility index (Phi) is 3.21. The van der Waals surface area contributed by atoms with Crippen molar-refractivity contribution in [2.75, 3.05) is 6.54 Å². The van der Waals surface area contributed by atoms with Gasteiger partial charge in [-0.3, -0.25) is 0 Å². The van der Waals surface area contributed by atoms with Gasteiger partial charge in [0.1, 0.15) is 11.9 Å². The van der Waals surface area contributed by atoms with Crippen molar-refractivity contribution in [3.63, 3.8) is 0 Å². The number of phenols is 1. The second-order valence-corrected chi connectivity index (χ2v) is 4.09. The van der Waals surface area contributed by atoms with Crippen LogP contribution in [0.1, 0.15) is 31.0 Å². The SMILES string of the molecule is Oc1ccc(C(F)CC2CCCN2)cc1. The van der Waals surface area contributed by atoms with Gasteiger partial charge in [0.25, 0.3) is 0 Å². The number of benzene rings is 1. The molecule has 0 amide bonds. The van der Waals surface area contributed by atoms with Gasteiger partial charge in [0.15, 0.2) is 0 Å². The third kappa shape index (κ3) is 2.69. The maximum absolute atomic E-state index is 13.8. The number of halogens is 1. The average Bonchev–Trinajstić information content (AvgIpc) is 2.71. The molecular formula is C12H16FNO. The Hall–Kier alpha value is -1.09. The van der Waals surface area contributed by atoms with Crippen LogP contribution in [0.25, 0.3) is 0 Å². The van der Waals surface area contributed by atoms with Crippen molar-refractivity contribution in [1.29, 1.82) is 0 Å².